The molecule has 0 saturated carbocycles. The van der Waals surface area contributed by atoms with E-state index in [9.17, 15) is 5.11 Å². The van der Waals surface area contributed by atoms with Crippen LogP contribution in [0.2, 0.25) is 5.02 Å². The Hall–Kier alpha value is -1.51. The summed E-state index contributed by atoms with van der Waals surface area (Å²) in [6.45, 7) is 4.13. The van der Waals surface area contributed by atoms with Crippen molar-refractivity contribution in [2.45, 2.75) is 25.8 Å². The quantitative estimate of drug-likeness (QED) is 0.870. The molecule has 0 bridgehead atoms. The summed E-state index contributed by atoms with van der Waals surface area (Å²) in [5, 5.41) is 13.9. The van der Waals surface area contributed by atoms with E-state index in [2.05, 4.69) is 24.4 Å². The molecule has 0 radical (unpaired) electrons. The fourth-order valence-corrected chi connectivity index (χ4v) is 2.39. The summed E-state index contributed by atoms with van der Waals surface area (Å²) in [4.78, 5) is 0. The molecule has 0 spiro atoms. The minimum atomic E-state index is -0.401. The molecule has 0 heterocycles. The molecule has 1 unspecified atom stereocenters. The molecule has 0 aliphatic heterocycles. The van der Waals surface area contributed by atoms with E-state index in [4.69, 9.17) is 11.6 Å². The van der Waals surface area contributed by atoms with Crippen molar-refractivity contribution in [2.75, 3.05) is 11.9 Å². The smallest absolute Gasteiger partial charge is 0.0662 e. The lowest BCUT2D eigenvalue weighted by atomic mass is 9.93. The first-order chi connectivity index (χ1) is 9.50. The van der Waals surface area contributed by atoms with E-state index in [0.29, 0.717) is 0 Å². The van der Waals surface area contributed by atoms with Gasteiger partial charge in [0.1, 0.15) is 0 Å². The number of aryl methyl sites for hydroxylation is 1. The number of nitrogens with one attached hydrogen (secondary N) is 1. The lowest BCUT2D eigenvalue weighted by molar-refractivity contribution is 0.222. The molecule has 0 aliphatic rings. The minimum absolute atomic E-state index is 0.0591. The predicted octanol–water partition coefficient (Wildman–Crippen LogP) is 4.05. The molecule has 1 atom stereocenters. The third-order valence-electron chi connectivity index (χ3n) is 3.32. The molecule has 0 amide bonds. The van der Waals surface area contributed by atoms with Crippen molar-refractivity contribution in [1.29, 1.82) is 0 Å². The standard InChI is InChI=1S/C17H20ClNO/c1-13-4-3-5-16(10-13)19-17(2,12-20)11-14-6-8-15(18)9-7-14/h3-10,19-20H,11-12H2,1-2H3. The third kappa shape index (κ3) is 3.99. The van der Waals surface area contributed by atoms with Crippen LogP contribution in [0.5, 0.6) is 0 Å². The first-order valence-corrected chi connectivity index (χ1v) is 7.09. The molecule has 0 aliphatic carbocycles. The fourth-order valence-electron chi connectivity index (χ4n) is 2.26. The van der Waals surface area contributed by atoms with E-state index < -0.39 is 5.54 Å². The lowest BCUT2D eigenvalue weighted by Crippen LogP contribution is -2.41. The maximum absolute atomic E-state index is 9.74. The molecule has 0 aromatic heterocycles. The maximum Gasteiger partial charge on any atom is 0.0662 e. The van der Waals surface area contributed by atoms with Crippen molar-refractivity contribution in [3.63, 3.8) is 0 Å². The summed E-state index contributed by atoms with van der Waals surface area (Å²) in [6.07, 6.45) is 0.731. The van der Waals surface area contributed by atoms with Gasteiger partial charge in [-0.25, -0.2) is 0 Å². The van der Waals surface area contributed by atoms with Gasteiger partial charge in [0.15, 0.2) is 0 Å². The van der Waals surface area contributed by atoms with E-state index in [1.165, 1.54) is 5.56 Å². The van der Waals surface area contributed by atoms with Gasteiger partial charge < -0.3 is 10.4 Å². The van der Waals surface area contributed by atoms with Crippen molar-refractivity contribution in [2.24, 2.45) is 0 Å². The second-order valence-corrected chi connectivity index (χ2v) is 5.95. The molecule has 2 aromatic rings. The highest BCUT2D eigenvalue weighted by atomic mass is 35.5. The molecular weight excluding hydrogens is 270 g/mol. The molecule has 2 rings (SSSR count). The summed E-state index contributed by atoms with van der Waals surface area (Å²) in [5.41, 5.74) is 2.96. The summed E-state index contributed by atoms with van der Waals surface area (Å²) >= 11 is 5.90. The van der Waals surface area contributed by atoms with Gasteiger partial charge in [0.2, 0.25) is 0 Å². The Morgan fingerprint density at radius 2 is 1.85 bits per heavy atom. The Balaban J connectivity index is 2.14. The summed E-state index contributed by atoms with van der Waals surface area (Å²) in [7, 11) is 0. The number of aliphatic hydroxyl groups is 1. The Bertz CT molecular complexity index is 567. The number of hydrogen-bond acceptors (Lipinski definition) is 2. The van der Waals surface area contributed by atoms with Gasteiger partial charge >= 0.3 is 0 Å². The Morgan fingerprint density at radius 1 is 1.15 bits per heavy atom. The number of aliphatic hydroxyl groups excluding tert-OH is 1. The highest BCUT2D eigenvalue weighted by Gasteiger charge is 2.23. The van der Waals surface area contributed by atoms with Crippen LogP contribution < -0.4 is 5.32 Å². The van der Waals surface area contributed by atoms with Crippen LogP contribution >= 0.6 is 11.6 Å². The van der Waals surface area contributed by atoms with Crippen LogP contribution in [-0.4, -0.2) is 17.3 Å². The molecular formula is C17H20ClNO. The average molecular weight is 290 g/mol. The molecule has 2 N–H and O–H groups in total. The maximum atomic E-state index is 9.74. The molecule has 0 saturated heterocycles. The average Bonchev–Trinajstić information content (AvgIpc) is 2.41. The topological polar surface area (TPSA) is 32.3 Å². The number of anilines is 1. The van der Waals surface area contributed by atoms with E-state index in [0.717, 1.165) is 22.7 Å². The van der Waals surface area contributed by atoms with Crippen LogP contribution in [0.4, 0.5) is 5.69 Å². The SMILES string of the molecule is Cc1cccc(NC(C)(CO)Cc2ccc(Cl)cc2)c1. The van der Waals surface area contributed by atoms with Gasteiger partial charge in [-0.3, -0.25) is 0 Å². The van der Waals surface area contributed by atoms with Crippen molar-refractivity contribution in [1.82, 2.24) is 0 Å². The molecule has 20 heavy (non-hydrogen) atoms. The number of rotatable bonds is 5. The molecule has 3 heteroatoms. The van der Waals surface area contributed by atoms with Crippen molar-refractivity contribution in [3.05, 3.63) is 64.7 Å². The Kier molecular flexibility index (Phi) is 4.69. The van der Waals surface area contributed by atoms with Crippen molar-refractivity contribution >= 4 is 17.3 Å². The second-order valence-electron chi connectivity index (χ2n) is 5.52. The molecule has 2 nitrogen and oxygen atoms in total. The number of hydrogen-bond donors (Lipinski definition) is 2. The Morgan fingerprint density at radius 3 is 2.45 bits per heavy atom. The van der Waals surface area contributed by atoms with Gasteiger partial charge in [-0.05, 0) is 55.7 Å². The normalized spacial score (nSPS) is 13.8. The summed E-state index contributed by atoms with van der Waals surface area (Å²) < 4.78 is 0. The fraction of sp³-hybridized carbons (Fsp3) is 0.294. The zero-order chi connectivity index (χ0) is 14.6. The zero-order valence-electron chi connectivity index (χ0n) is 11.9. The van der Waals surface area contributed by atoms with Crippen LogP contribution in [-0.2, 0) is 6.42 Å². The zero-order valence-corrected chi connectivity index (χ0v) is 12.6. The third-order valence-corrected chi connectivity index (χ3v) is 3.57. The Labute approximate surface area is 125 Å². The van der Waals surface area contributed by atoms with Gasteiger partial charge in [0.05, 0.1) is 12.1 Å². The number of benzene rings is 2. The summed E-state index contributed by atoms with van der Waals surface area (Å²) in [5.74, 6) is 0. The molecule has 106 valence electrons. The first kappa shape index (κ1) is 14.9. The van der Waals surface area contributed by atoms with Gasteiger partial charge in [0, 0.05) is 10.7 Å². The minimum Gasteiger partial charge on any atom is -0.394 e. The highest BCUT2D eigenvalue weighted by Crippen LogP contribution is 2.21. The lowest BCUT2D eigenvalue weighted by Gasteiger charge is -2.30. The predicted molar refractivity (Wildman–Crippen MR) is 85.4 cm³/mol. The highest BCUT2D eigenvalue weighted by molar-refractivity contribution is 6.30. The van der Waals surface area contributed by atoms with Gasteiger partial charge in [-0.2, -0.15) is 0 Å². The van der Waals surface area contributed by atoms with E-state index in [1.54, 1.807) is 0 Å². The van der Waals surface area contributed by atoms with E-state index in [-0.39, 0.29) is 6.61 Å². The van der Waals surface area contributed by atoms with Crippen LogP contribution in [0.25, 0.3) is 0 Å². The number of halogens is 1. The molecule has 0 fully saturated rings. The van der Waals surface area contributed by atoms with Crippen molar-refractivity contribution in [3.8, 4) is 0 Å². The molecule has 2 aromatic carbocycles. The first-order valence-electron chi connectivity index (χ1n) is 6.71. The van der Waals surface area contributed by atoms with Gasteiger partial charge in [0.25, 0.3) is 0 Å². The van der Waals surface area contributed by atoms with Crippen LogP contribution in [0.3, 0.4) is 0 Å². The van der Waals surface area contributed by atoms with Crippen LogP contribution in [0.15, 0.2) is 48.5 Å². The van der Waals surface area contributed by atoms with Gasteiger partial charge in [-0.15, -0.1) is 0 Å². The largest absolute Gasteiger partial charge is 0.394 e. The second kappa shape index (κ2) is 6.29. The van der Waals surface area contributed by atoms with Crippen LogP contribution in [0, 0.1) is 6.92 Å². The van der Waals surface area contributed by atoms with Gasteiger partial charge in [-0.1, -0.05) is 35.9 Å². The van der Waals surface area contributed by atoms with E-state index in [1.807, 2.05) is 43.3 Å². The monoisotopic (exact) mass is 289 g/mol. The van der Waals surface area contributed by atoms with E-state index >= 15 is 0 Å². The van der Waals surface area contributed by atoms with Crippen molar-refractivity contribution < 1.29 is 5.11 Å². The summed E-state index contributed by atoms with van der Waals surface area (Å²) in [6, 6.07) is 15.9. The van der Waals surface area contributed by atoms with Crippen LogP contribution in [0.1, 0.15) is 18.1 Å².